The van der Waals surface area contributed by atoms with Crippen molar-refractivity contribution < 1.29 is 23.0 Å². The van der Waals surface area contributed by atoms with Gasteiger partial charge in [-0.1, -0.05) is 18.1 Å². The van der Waals surface area contributed by atoms with Crippen molar-refractivity contribution in [2.24, 2.45) is 11.0 Å². The molecule has 1 N–H and O–H groups in total. The number of thiophene rings is 1. The summed E-state index contributed by atoms with van der Waals surface area (Å²) in [7, 11) is 0. The van der Waals surface area contributed by atoms with E-state index >= 15 is 0 Å². The third kappa shape index (κ3) is 3.64. The number of carbonyl (C=O) groups is 1. The van der Waals surface area contributed by atoms with Crippen LogP contribution in [0.25, 0.3) is 5.70 Å². The van der Waals surface area contributed by atoms with Crippen molar-refractivity contribution in [2.45, 2.75) is 38.8 Å². The van der Waals surface area contributed by atoms with Gasteiger partial charge in [-0.25, -0.2) is 4.79 Å². The van der Waals surface area contributed by atoms with Gasteiger partial charge in [0.1, 0.15) is 6.07 Å². The van der Waals surface area contributed by atoms with E-state index in [2.05, 4.69) is 12.0 Å². The minimum Gasteiger partial charge on any atom is -0.222 e. The van der Waals surface area contributed by atoms with Gasteiger partial charge in [-0.3, -0.25) is 0 Å². The zero-order valence-electron chi connectivity index (χ0n) is 14.1. The fourth-order valence-corrected chi connectivity index (χ4v) is 3.82. The van der Waals surface area contributed by atoms with Crippen LogP contribution in [-0.2, 0) is 4.79 Å². The zero-order valence-corrected chi connectivity index (χ0v) is 14.9. The number of halogens is 3. The van der Waals surface area contributed by atoms with Crippen molar-refractivity contribution in [2.75, 3.05) is 0 Å². The monoisotopic (exact) mass is 380 g/mol. The van der Waals surface area contributed by atoms with Gasteiger partial charge in [0.15, 0.2) is 11.3 Å². The standard InChI is InChI=1S/C18H16F3N3OS/c1-11-4-6-12(7-5-11)23-24-15(16-3-2-8-26-16)9-14(18(19,20)21)13(10-22)17(24)25/h2-3,8-9,11H,4-7H2,1H3/p+1. The molecule has 3 rings (SSSR count). The topological polar surface area (TPSA) is 57.7 Å². The zero-order chi connectivity index (χ0) is 18.9. The second kappa shape index (κ2) is 7.17. The lowest BCUT2D eigenvalue weighted by atomic mass is 9.89. The Morgan fingerprint density at radius 1 is 1.35 bits per heavy atom. The number of nitrogens with one attached hydrogen (secondary N) is 1. The van der Waals surface area contributed by atoms with E-state index in [-0.39, 0.29) is 10.7 Å². The summed E-state index contributed by atoms with van der Waals surface area (Å²) in [5.41, 5.74) is -1.14. The van der Waals surface area contributed by atoms with E-state index in [0.29, 0.717) is 23.6 Å². The smallest absolute Gasteiger partial charge is 0.222 e. The average molecular weight is 380 g/mol. The SMILES string of the molecule is CC1CCC(=N[NH+]2C(=O)C(C#N)=C(C(F)(F)F)C=C2c2cccs2)CC1. The molecule has 0 saturated heterocycles. The molecule has 1 aliphatic heterocycles. The van der Waals surface area contributed by atoms with Crippen molar-refractivity contribution >= 4 is 28.7 Å². The van der Waals surface area contributed by atoms with Gasteiger partial charge in [0, 0.05) is 6.08 Å². The third-order valence-electron chi connectivity index (χ3n) is 4.58. The van der Waals surface area contributed by atoms with Crippen LogP contribution in [0, 0.1) is 17.2 Å². The molecule has 0 bridgehead atoms. The van der Waals surface area contributed by atoms with Gasteiger partial charge in [0.05, 0.1) is 16.2 Å². The first-order chi connectivity index (χ1) is 12.3. The van der Waals surface area contributed by atoms with Crippen LogP contribution in [0.15, 0.2) is 39.8 Å². The van der Waals surface area contributed by atoms with Crippen molar-refractivity contribution in [1.82, 2.24) is 0 Å². The number of hydrogen-bond donors (Lipinski definition) is 1. The molecule has 8 heteroatoms. The maximum atomic E-state index is 13.3. The van der Waals surface area contributed by atoms with Crippen LogP contribution in [0.4, 0.5) is 13.2 Å². The van der Waals surface area contributed by atoms with E-state index in [0.717, 1.165) is 24.6 Å². The van der Waals surface area contributed by atoms with Crippen molar-refractivity contribution in [1.29, 1.82) is 5.26 Å². The maximum Gasteiger partial charge on any atom is 0.418 e. The molecule has 26 heavy (non-hydrogen) atoms. The van der Waals surface area contributed by atoms with Gasteiger partial charge in [-0.2, -0.15) is 18.4 Å². The quantitative estimate of drug-likeness (QED) is 0.854. The summed E-state index contributed by atoms with van der Waals surface area (Å²) in [4.78, 5) is 13.2. The summed E-state index contributed by atoms with van der Waals surface area (Å²) in [6, 6.07) is 4.78. The van der Waals surface area contributed by atoms with Gasteiger partial charge in [0.25, 0.3) is 0 Å². The molecule has 1 aliphatic carbocycles. The van der Waals surface area contributed by atoms with Gasteiger partial charge in [0.2, 0.25) is 0 Å². The molecule has 2 aliphatic rings. The number of hydrogen-bond acceptors (Lipinski definition) is 4. The van der Waals surface area contributed by atoms with Crippen LogP contribution in [0.1, 0.15) is 37.5 Å². The lowest BCUT2D eigenvalue weighted by Crippen LogP contribution is -3.08. The Hall–Kier alpha value is -2.24. The van der Waals surface area contributed by atoms with Crippen LogP contribution in [-0.4, -0.2) is 17.8 Å². The first-order valence-electron chi connectivity index (χ1n) is 8.27. The molecule has 1 fully saturated rings. The largest absolute Gasteiger partial charge is 0.418 e. The molecule has 0 radical (unpaired) electrons. The minimum absolute atomic E-state index is 0.0541. The number of nitriles is 1. The summed E-state index contributed by atoms with van der Waals surface area (Å²) in [5.74, 6) is -0.378. The van der Waals surface area contributed by atoms with Gasteiger partial charge in [-0.05, 0) is 43.0 Å². The number of amides is 1. The predicted molar refractivity (Wildman–Crippen MR) is 92.0 cm³/mol. The van der Waals surface area contributed by atoms with Crippen molar-refractivity contribution in [3.8, 4) is 6.07 Å². The van der Waals surface area contributed by atoms with Gasteiger partial charge < -0.3 is 0 Å². The first kappa shape index (κ1) is 18.5. The van der Waals surface area contributed by atoms with Crippen LogP contribution >= 0.6 is 11.3 Å². The number of rotatable bonds is 2. The Bertz CT molecular complexity index is 834. The van der Waals surface area contributed by atoms with E-state index in [4.69, 9.17) is 5.26 Å². The molecule has 0 spiro atoms. The fourth-order valence-electron chi connectivity index (χ4n) is 3.08. The highest BCUT2D eigenvalue weighted by atomic mass is 32.1. The van der Waals surface area contributed by atoms with Crippen molar-refractivity contribution in [3.05, 3.63) is 39.6 Å². The summed E-state index contributed by atoms with van der Waals surface area (Å²) >= 11 is 1.24. The second-order valence-corrected chi connectivity index (χ2v) is 7.42. The molecular formula is C18H17F3N3OS+. The van der Waals surface area contributed by atoms with E-state index in [9.17, 15) is 18.0 Å². The van der Waals surface area contributed by atoms with Crippen LogP contribution in [0.3, 0.4) is 0 Å². The van der Waals surface area contributed by atoms with Crippen LogP contribution in [0.5, 0.6) is 0 Å². The van der Waals surface area contributed by atoms with Gasteiger partial charge >= 0.3 is 12.1 Å². The number of carbonyl (C=O) groups excluding carboxylic acids is 1. The molecule has 1 unspecified atom stereocenters. The molecule has 2 heterocycles. The Kier molecular flexibility index (Phi) is 5.12. The minimum atomic E-state index is -4.78. The molecule has 136 valence electrons. The predicted octanol–water partition coefficient (Wildman–Crippen LogP) is 3.46. The number of quaternary nitrogens is 1. The van der Waals surface area contributed by atoms with E-state index < -0.39 is 23.2 Å². The van der Waals surface area contributed by atoms with Crippen LogP contribution < -0.4 is 5.01 Å². The second-order valence-electron chi connectivity index (χ2n) is 6.47. The number of nitrogens with zero attached hydrogens (tertiary/aromatic N) is 2. The molecule has 1 aromatic rings. The lowest BCUT2D eigenvalue weighted by molar-refractivity contribution is -0.746. The molecule has 1 aromatic heterocycles. The first-order valence-corrected chi connectivity index (χ1v) is 9.15. The Morgan fingerprint density at radius 3 is 2.58 bits per heavy atom. The Morgan fingerprint density at radius 2 is 2.04 bits per heavy atom. The lowest BCUT2D eigenvalue weighted by Gasteiger charge is -2.23. The molecule has 1 atom stereocenters. The average Bonchev–Trinajstić information content (AvgIpc) is 3.11. The summed E-state index contributed by atoms with van der Waals surface area (Å²) in [5, 5.41) is 15.3. The Balaban J connectivity index is 2.08. The highest BCUT2D eigenvalue weighted by Gasteiger charge is 2.46. The molecular weight excluding hydrogens is 363 g/mol. The molecule has 1 amide bonds. The summed E-state index contributed by atoms with van der Waals surface area (Å²) < 4.78 is 40.0. The summed E-state index contributed by atoms with van der Waals surface area (Å²) in [6.45, 7) is 2.14. The summed E-state index contributed by atoms with van der Waals surface area (Å²) in [6.07, 6.45) is -0.584. The van der Waals surface area contributed by atoms with E-state index in [1.165, 1.54) is 17.4 Å². The number of alkyl halides is 3. The maximum absolute atomic E-state index is 13.3. The Labute approximate surface area is 152 Å². The van der Waals surface area contributed by atoms with Crippen LogP contribution in [0.2, 0.25) is 0 Å². The van der Waals surface area contributed by atoms with E-state index in [1.54, 1.807) is 17.5 Å². The van der Waals surface area contributed by atoms with E-state index in [1.807, 2.05) is 0 Å². The normalized spacial score (nSPS) is 24.3. The number of allylic oxidation sites excluding steroid dienone is 2. The highest BCUT2D eigenvalue weighted by molar-refractivity contribution is 7.11. The van der Waals surface area contributed by atoms with Crippen molar-refractivity contribution in [3.63, 3.8) is 0 Å². The molecule has 0 aromatic carbocycles. The molecule has 1 saturated carbocycles. The van der Waals surface area contributed by atoms with Gasteiger partial charge in [-0.15, -0.1) is 16.3 Å². The fraction of sp³-hybridized carbons (Fsp3) is 0.389. The third-order valence-corrected chi connectivity index (χ3v) is 5.48. The molecule has 4 nitrogen and oxygen atoms in total. The highest BCUT2D eigenvalue weighted by Crippen LogP contribution is 2.33.